The summed E-state index contributed by atoms with van der Waals surface area (Å²) in [5.74, 6) is 0.0435. The monoisotopic (exact) mass is 304 g/mol. The summed E-state index contributed by atoms with van der Waals surface area (Å²) in [6.07, 6.45) is 3.12. The molecule has 0 saturated carbocycles. The molecular formula is C17H24N2O3. The Bertz CT molecular complexity index is 541. The molecule has 0 aliphatic carbocycles. The number of nitrogens with two attached hydrogens (primary N) is 1. The number of rotatable bonds is 4. The lowest BCUT2D eigenvalue weighted by Gasteiger charge is -2.30. The number of fused-ring (bicyclic) bond motifs is 1. The maximum absolute atomic E-state index is 12.0. The minimum absolute atomic E-state index is 0.0435. The van der Waals surface area contributed by atoms with Crippen LogP contribution in [0.15, 0.2) is 18.2 Å². The normalized spacial score (nSPS) is 22.5. The molecule has 2 heterocycles. The molecule has 0 aromatic heterocycles. The highest BCUT2D eigenvalue weighted by Gasteiger charge is 2.26. The van der Waals surface area contributed by atoms with Gasteiger partial charge in [-0.3, -0.25) is 4.79 Å². The third-order valence-corrected chi connectivity index (χ3v) is 4.61. The van der Waals surface area contributed by atoms with Gasteiger partial charge in [-0.25, -0.2) is 0 Å². The second kappa shape index (κ2) is 6.77. The van der Waals surface area contributed by atoms with Crippen molar-refractivity contribution in [1.29, 1.82) is 0 Å². The molecule has 0 spiro atoms. The Kier molecular flexibility index (Phi) is 4.76. The fourth-order valence-corrected chi connectivity index (χ4v) is 3.31. The van der Waals surface area contributed by atoms with E-state index in [1.807, 2.05) is 4.90 Å². The Morgan fingerprint density at radius 1 is 1.50 bits per heavy atom. The van der Waals surface area contributed by atoms with Crippen LogP contribution in [0.4, 0.5) is 0 Å². The van der Waals surface area contributed by atoms with E-state index in [2.05, 4.69) is 18.2 Å². The maximum Gasteiger partial charge on any atom is 0.248 e. The highest BCUT2D eigenvalue weighted by atomic mass is 16.5. The van der Waals surface area contributed by atoms with Gasteiger partial charge in [-0.05, 0) is 36.0 Å². The summed E-state index contributed by atoms with van der Waals surface area (Å²) in [6.45, 7) is 2.35. The number of amides is 1. The fraction of sp³-hybridized carbons (Fsp3) is 0.588. The summed E-state index contributed by atoms with van der Waals surface area (Å²) in [5, 5.41) is 0. The summed E-state index contributed by atoms with van der Waals surface area (Å²) < 4.78 is 10.6. The van der Waals surface area contributed by atoms with Crippen LogP contribution >= 0.6 is 0 Å². The summed E-state index contributed by atoms with van der Waals surface area (Å²) >= 11 is 0. The van der Waals surface area contributed by atoms with Crippen LogP contribution in [-0.4, -0.2) is 43.8 Å². The first-order valence-electron chi connectivity index (χ1n) is 7.94. The zero-order chi connectivity index (χ0) is 15.5. The lowest BCUT2D eigenvalue weighted by atomic mass is 9.93. The summed E-state index contributed by atoms with van der Waals surface area (Å²) in [6, 6.07) is 6.32. The molecule has 120 valence electrons. The van der Waals surface area contributed by atoms with Gasteiger partial charge in [0.1, 0.15) is 6.61 Å². The summed E-state index contributed by atoms with van der Waals surface area (Å²) in [5.41, 5.74) is 9.96. The molecule has 2 atom stereocenters. The first kappa shape index (κ1) is 15.5. The van der Waals surface area contributed by atoms with Crippen molar-refractivity contribution in [2.24, 2.45) is 5.73 Å². The van der Waals surface area contributed by atoms with Gasteiger partial charge in [-0.15, -0.1) is 0 Å². The molecule has 0 radical (unpaired) electrons. The second-order valence-electron chi connectivity index (χ2n) is 6.10. The molecule has 1 amide bonds. The van der Waals surface area contributed by atoms with E-state index in [9.17, 15) is 4.79 Å². The van der Waals surface area contributed by atoms with Gasteiger partial charge in [0.2, 0.25) is 5.91 Å². The van der Waals surface area contributed by atoms with Gasteiger partial charge in [0.25, 0.3) is 0 Å². The zero-order valence-corrected chi connectivity index (χ0v) is 13.1. The van der Waals surface area contributed by atoms with Crippen molar-refractivity contribution in [3.05, 3.63) is 34.9 Å². The second-order valence-corrected chi connectivity index (χ2v) is 6.10. The Morgan fingerprint density at radius 2 is 2.36 bits per heavy atom. The van der Waals surface area contributed by atoms with Crippen molar-refractivity contribution in [2.75, 3.05) is 26.9 Å². The molecule has 2 N–H and O–H groups in total. The maximum atomic E-state index is 12.0. The number of methoxy groups -OCH3 is 1. The van der Waals surface area contributed by atoms with Gasteiger partial charge in [-0.1, -0.05) is 18.2 Å². The SMILES string of the molecule is COCC(=O)N1CCc2ccc(C(N)C3CCCO3)cc2C1. The summed E-state index contributed by atoms with van der Waals surface area (Å²) in [4.78, 5) is 13.8. The van der Waals surface area contributed by atoms with Gasteiger partial charge in [0.15, 0.2) is 0 Å². The van der Waals surface area contributed by atoms with E-state index in [-0.39, 0.29) is 24.7 Å². The molecule has 1 fully saturated rings. The number of carbonyl (C=O) groups is 1. The highest BCUT2D eigenvalue weighted by Crippen LogP contribution is 2.28. The average Bonchev–Trinajstić information content (AvgIpc) is 3.07. The molecular weight excluding hydrogens is 280 g/mol. The van der Waals surface area contributed by atoms with Gasteiger partial charge < -0.3 is 20.1 Å². The molecule has 5 heteroatoms. The van der Waals surface area contributed by atoms with Gasteiger partial charge >= 0.3 is 0 Å². The van der Waals surface area contributed by atoms with E-state index in [1.54, 1.807) is 7.11 Å². The standard InChI is InChI=1S/C17H24N2O3/c1-21-11-16(20)19-7-6-12-4-5-13(9-14(12)10-19)17(18)15-3-2-8-22-15/h4-5,9,15,17H,2-3,6-8,10-11,18H2,1H3. The Balaban J connectivity index is 1.75. The molecule has 2 unspecified atom stereocenters. The van der Waals surface area contributed by atoms with Crippen molar-refractivity contribution in [1.82, 2.24) is 4.90 Å². The van der Waals surface area contributed by atoms with Crippen LogP contribution in [0.2, 0.25) is 0 Å². The third-order valence-electron chi connectivity index (χ3n) is 4.61. The van der Waals surface area contributed by atoms with Crippen molar-refractivity contribution < 1.29 is 14.3 Å². The van der Waals surface area contributed by atoms with E-state index in [4.69, 9.17) is 15.2 Å². The van der Waals surface area contributed by atoms with Crippen LogP contribution in [0.1, 0.15) is 35.6 Å². The van der Waals surface area contributed by atoms with Crippen LogP contribution in [-0.2, 0) is 27.2 Å². The minimum Gasteiger partial charge on any atom is -0.376 e. The third kappa shape index (κ3) is 3.16. The van der Waals surface area contributed by atoms with Crippen molar-refractivity contribution in [3.8, 4) is 0 Å². The van der Waals surface area contributed by atoms with Gasteiger partial charge in [0.05, 0.1) is 12.1 Å². The van der Waals surface area contributed by atoms with E-state index >= 15 is 0 Å². The predicted molar refractivity (Wildman–Crippen MR) is 83.3 cm³/mol. The Labute approximate surface area is 131 Å². The molecule has 2 aliphatic rings. The first-order valence-corrected chi connectivity index (χ1v) is 7.94. The lowest BCUT2D eigenvalue weighted by Crippen LogP contribution is -2.38. The number of benzene rings is 1. The molecule has 22 heavy (non-hydrogen) atoms. The summed E-state index contributed by atoms with van der Waals surface area (Å²) in [7, 11) is 1.55. The Hall–Kier alpha value is -1.43. The van der Waals surface area contributed by atoms with E-state index in [1.165, 1.54) is 11.1 Å². The molecule has 0 bridgehead atoms. The molecule has 3 rings (SSSR count). The van der Waals surface area contributed by atoms with Crippen LogP contribution in [0.3, 0.4) is 0 Å². The van der Waals surface area contributed by atoms with Crippen molar-refractivity contribution in [3.63, 3.8) is 0 Å². The van der Waals surface area contributed by atoms with E-state index in [0.29, 0.717) is 6.54 Å². The molecule has 2 aliphatic heterocycles. The quantitative estimate of drug-likeness (QED) is 0.913. The largest absolute Gasteiger partial charge is 0.376 e. The number of carbonyl (C=O) groups excluding carboxylic acids is 1. The molecule has 1 aromatic carbocycles. The van der Waals surface area contributed by atoms with Gasteiger partial charge in [-0.2, -0.15) is 0 Å². The van der Waals surface area contributed by atoms with Crippen LogP contribution in [0.5, 0.6) is 0 Å². The molecule has 1 aromatic rings. The Morgan fingerprint density at radius 3 is 3.09 bits per heavy atom. The van der Waals surface area contributed by atoms with Crippen molar-refractivity contribution >= 4 is 5.91 Å². The number of ether oxygens (including phenoxy) is 2. The smallest absolute Gasteiger partial charge is 0.248 e. The lowest BCUT2D eigenvalue weighted by molar-refractivity contribution is -0.136. The van der Waals surface area contributed by atoms with Crippen molar-refractivity contribution in [2.45, 2.75) is 38.0 Å². The molecule has 5 nitrogen and oxygen atoms in total. The topological polar surface area (TPSA) is 64.8 Å². The molecule has 1 saturated heterocycles. The average molecular weight is 304 g/mol. The van der Waals surface area contributed by atoms with Crippen LogP contribution in [0.25, 0.3) is 0 Å². The van der Waals surface area contributed by atoms with Gasteiger partial charge in [0, 0.05) is 26.8 Å². The number of hydrogen-bond acceptors (Lipinski definition) is 4. The van der Waals surface area contributed by atoms with Crippen LogP contribution in [0, 0.1) is 0 Å². The number of nitrogens with zero attached hydrogens (tertiary/aromatic N) is 1. The fourth-order valence-electron chi connectivity index (χ4n) is 3.31. The highest BCUT2D eigenvalue weighted by molar-refractivity contribution is 5.77. The van der Waals surface area contributed by atoms with E-state index in [0.717, 1.165) is 38.0 Å². The van der Waals surface area contributed by atoms with Crippen LogP contribution < -0.4 is 5.73 Å². The number of hydrogen-bond donors (Lipinski definition) is 1. The predicted octanol–water partition coefficient (Wildman–Crippen LogP) is 1.40. The zero-order valence-electron chi connectivity index (χ0n) is 13.1. The van der Waals surface area contributed by atoms with E-state index < -0.39 is 0 Å². The minimum atomic E-state index is -0.0853. The first-order chi connectivity index (χ1) is 10.7.